The Bertz CT molecular complexity index is 1030. The molecular formula is C20H21FN2O5S. The van der Waals surface area contributed by atoms with Gasteiger partial charge >= 0.3 is 5.97 Å². The Morgan fingerprint density at radius 1 is 1.14 bits per heavy atom. The summed E-state index contributed by atoms with van der Waals surface area (Å²) >= 11 is 0. The Labute approximate surface area is 168 Å². The van der Waals surface area contributed by atoms with Crippen molar-refractivity contribution in [2.75, 3.05) is 26.0 Å². The number of ether oxygens (including phenoxy) is 1. The summed E-state index contributed by atoms with van der Waals surface area (Å²) in [6.45, 7) is 2.00. The highest BCUT2D eigenvalue weighted by molar-refractivity contribution is 7.89. The number of nitrogens with zero attached hydrogens (tertiary/aromatic N) is 1. The van der Waals surface area contributed by atoms with Crippen LogP contribution in [0.25, 0.3) is 6.08 Å². The smallest absolute Gasteiger partial charge is 0.330 e. The number of rotatable bonds is 7. The average Bonchev–Trinajstić information content (AvgIpc) is 2.67. The molecule has 0 bridgehead atoms. The molecule has 0 spiro atoms. The Hall–Kier alpha value is -3.04. The molecule has 2 aromatic rings. The van der Waals surface area contributed by atoms with E-state index in [9.17, 15) is 22.4 Å². The lowest BCUT2D eigenvalue weighted by atomic mass is 10.1. The number of nitrogens with one attached hydrogen (secondary N) is 1. The second-order valence-corrected chi connectivity index (χ2v) is 8.21. The zero-order valence-corrected chi connectivity index (χ0v) is 17.0. The molecule has 1 N–H and O–H groups in total. The van der Waals surface area contributed by atoms with Crippen LogP contribution in [0.15, 0.2) is 53.4 Å². The molecule has 0 saturated heterocycles. The molecule has 1 amide bonds. The summed E-state index contributed by atoms with van der Waals surface area (Å²) in [6.07, 6.45) is 2.87. The van der Waals surface area contributed by atoms with Gasteiger partial charge in [0.2, 0.25) is 10.0 Å². The van der Waals surface area contributed by atoms with Gasteiger partial charge in [0.1, 0.15) is 10.7 Å². The van der Waals surface area contributed by atoms with Crippen LogP contribution in [0.3, 0.4) is 0 Å². The molecule has 0 radical (unpaired) electrons. The van der Waals surface area contributed by atoms with Gasteiger partial charge in [-0.2, -0.15) is 0 Å². The zero-order chi connectivity index (χ0) is 21.6. The van der Waals surface area contributed by atoms with Crippen LogP contribution in [0.1, 0.15) is 22.8 Å². The van der Waals surface area contributed by atoms with E-state index in [-0.39, 0.29) is 12.2 Å². The number of hydrogen-bond donors (Lipinski definition) is 1. The fraction of sp³-hybridized carbons (Fsp3) is 0.200. The van der Waals surface area contributed by atoms with Crippen molar-refractivity contribution in [1.29, 1.82) is 0 Å². The molecule has 9 heteroatoms. The molecule has 2 aromatic carbocycles. The summed E-state index contributed by atoms with van der Waals surface area (Å²) in [7, 11) is -1.47. The Balaban J connectivity index is 2.16. The first-order valence-corrected chi connectivity index (χ1v) is 10.1. The maximum absolute atomic E-state index is 14.0. The maximum Gasteiger partial charge on any atom is 0.330 e. The van der Waals surface area contributed by atoms with E-state index < -0.39 is 32.6 Å². The minimum atomic E-state index is -4.03. The number of halogens is 1. The minimum Gasteiger partial charge on any atom is -0.463 e. The highest BCUT2D eigenvalue weighted by atomic mass is 32.2. The normalized spacial score (nSPS) is 11.6. The van der Waals surface area contributed by atoms with Crippen molar-refractivity contribution in [2.45, 2.75) is 11.8 Å². The number of sulfonamides is 1. The van der Waals surface area contributed by atoms with Crippen LogP contribution in [0.4, 0.5) is 10.1 Å². The molecule has 0 unspecified atom stereocenters. The molecule has 7 nitrogen and oxygen atoms in total. The molecule has 0 aromatic heterocycles. The number of amides is 1. The van der Waals surface area contributed by atoms with Gasteiger partial charge in [0.25, 0.3) is 5.91 Å². The number of anilines is 1. The molecule has 29 heavy (non-hydrogen) atoms. The van der Waals surface area contributed by atoms with E-state index >= 15 is 0 Å². The molecule has 0 heterocycles. The first-order chi connectivity index (χ1) is 13.6. The van der Waals surface area contributed by atoms with Crippen molar-refractivity contribution in [1.82, 2.24) is 4.31 Å². The molecule has 0 aliphatic rings. The molecule has 0 fully saturated rings. The molecule has 154 valence electrons. The summed E-state index contributed by atoms with van der Waals surface area (Å²) in [6, 6.07) is 9.73. The largest absolute Gasteiger partial charge is 0.463 e. The number of carbonyl (C=O) groups excluding carboxylic acids is 2. The van der Waals surface area contributed by atoms with Gasteiger partial charge in [-0.3, -0.25) is 4.79 Å². The van der Waals surface area contributed by atoms with Gasteiger partial charge in [-0.15, -0.1) is 0 Å². The third kappa shape index (κ3) is 5.72. The predicted molar refractivity (Wildman–Crippen MR) is 107 cm³/mol. The average molecular weight is 420 g/mol. The summed E-state index contributed by atoms with van der Waals surface area (Å²) in [4.78, 5) is 23.2. The van der Waals surface area contributed by atoms with Crippen molar-refractivity contribution in [3.63, 3.8) is 0 Å². The van der Waals surface area contributed by atoms with Crippen LogP contribution >= 0.6 is 0 Å². The lowest BCUT2D eigenvalue weighted by Gasteiger charge is -2.13. The molecule has 0 aliphatic heterocycles. The SMILES string of the molecule is CCOC(=O)/C=C/c1ccc(NC(=O)c2ccc(F)c(S(=O)(=O)N(C)C)c2)cc1. The van der Waals surface area contributed by atoms with Gasteiger partial charge < -0.3 is 10.1 Å². The van der Waals surface area contributed by atoms with E-state index in [1.165, 1.54) is 26.2 Å². The first-order valence-electron chi connectivity index (χ1n) is 8.63. The zero-order valence-electron chi connectivity index (χ0n) is 16.2. The maximum atomic E-state index is 14.0. The van der Waals surface area contributed by atoms with Gasteiger partial charge in [-0.25, -0.2) is 21.9 Å². The lowest BCUT2D eigenvalue weighted by Crippen LogP contribution is -2.24. The van der Waals surface area contributed by atoms with E-state index in [2.05, 4.69) is 5.32 Å². The van der Waals surface area contributed by atoms with Crippen LogP contribution in [-0.4, -0.2) is 45.3 Å². The van der Waals surface area contributed by atoms with Crippen LogP contribution in [0.5, 0.6) is 0 Å². The van der Waals surface area contributed by atoms with E-state index in [1.807, 2.05) is 0 Å². The van der Waals surface area contributed by atoms with E-state index in [0.717, 1.165) is 22.0 Å². The molecule has 0 aliphatic carbocycles. The number of esters is 1. The third-order valence-corrected chi connectivity index (χ3v) is 5.65. The monoisotopic (exact) mass is 420 g/mol. The number of benzene rings is 2. The summed E-state index contributed by atoms with van der Waals surface area (Å²) in [5, 5.41) is 2.61. The molecular weight excluding hydrogens is 399 g/mol. The topological polar surface area (TPSA) is 92.8 Å². The highest BCUT2D eigenvalue weighted by Crippen LogP contribution is 2.20. The van der Waals surface area contributed by atoms with Crippen LogP contribution in [-0.2, 0) is 19.6 Å². The van der Waals surface area contributed by atoms with Gasteiger partial charge in [0.15, 0.2) is 0 Å². The van der Waals surface area contributed by atoms with Crippen LogP contribution in [0, 0.1) is 5.82 Å². The van der Waals surface area contributed by atoms with E-state index in [0.29, 0.717) is 5.69 Å². The first kappa shape index (κ1) is 22.3. The summed E-state index contributed by atoms with van der Waals surface area (Å²) < 4.78 is 44.0. The highest BCUT2D eigenvalue weighted by Gasteiger charge is 2.23. The summed E-state index contributed by atoms with van der Waals surface area (Å²) in [5.41, 5.74) is 1.17. The van der Waals surface area contributed by atoms with E-state index in [1.54, 1.807) is 37.3 Å². The molecule has 2 rings (SSSR count). The third-order valence-electron chi connectivity index (χ3n) is 3.82. The van der Waals surface area contributed by atoms with Gasteiger partial charge in [0, 0.05) is 31.4 Å². The predicted octanol–water partition coefficient (Wildman–Crippen LogP) is 2.90. The van der Waals surface area contributed by atoms with Crippen molar-refractivity contribution in [3.05, 3.63) is 65.5 Å². The van der Waals surface area contributed by atoms with Crippen molar-refractivity contribution >= 4 is 33.7 Å². The van der Waals surface area contributed by atoms with Gasteiger partial charge in [-0.05, 0) is 48.9 Å². The summed E-state index contributed by atoms with van der Waals surface area (Å²) in [5.74, 6) is -1.98. The lowest BCUT2D eigenvalue weighted by molar-refractivity contribution is -0.137. The van der Waals surface area contributed by atoms with Gasteiger partial charge in [-0.1, -0.05) is 12.1 Å². The molecule has 0 atom stereocenters. The standard InChI is InChI=1S/C20H21FN2O5S/c1-4-28-19(24)12-7-14-5-9-16(10-6-14)22-20(25)15-8-11-17(21)18(13-15)29(26,27)23(2)3/h5-13H,4H2,1-3H3,(H,22,25)/b12-7+. The fourth-order valence-electron chi connectivity index (χ4n) is 2.27. The Morgan fingerprint density at radius 3 is 2.38 bits per heavy atom. The van der Waals surface area contributed by atoms with Crippen LogP contribution in [0.2, 0.25) is 0 Å². The minimum absolute atomic E-state index is 0.00175. The second-order valence-electron chi connectivity index (χ2n) is 6.09. The number of carbonyl (C=O) groups is 2. The Morgan fingerprint density at radius 2 is 1.79 bits per heavy atom. The second kappa shape index (κ2) is 9.44. The van der Waals surface area contributed by atoms with Gasteiger partial charge in [0.05, 0.1) is 6.61 Å². The van der Waals surface area contributed by atoms with Crippen molar-refractivity contribution in [2.24, 2.45) is 0 Å². The quantitative estimate of drug-likeness (QED) is 0.549. The molecule has 0 saturated carbocycles. The van der Waals surface area contributed by atoms with Crippen molar-refractivity contribution in [3.8, 4) is 0 Å². The van der Waals surface area contributed by atoms with Crippen LogP contribution < -0.4 is 5.32 Å². The fourth-order valence-corrected chi connectivity index (χ4v) is 3.26. The number of hydrogen-bond acceptors (Lipinski definition) is 5. The Kier molecular flexibility index (Phi) is 7.24. The van der Waals surface area contributed by atoms with Crippen molar-refractivity contribution < 1.29 is 27.1 Å². The van der Waals surface area contributed by atoms with E-state index in [4.69, 9.17) is 4.74 Å².